The number of nitrogens with two attached hydrogens (primary N) is 3. The van der Waals surface area contributed by atoms with Crippen LogP contribution in [0.15, 0.2) is 41.0 Å². The molecule has 46 heavy (non-hydrogen) atoms. The Hall–Kier alpha value is -4.83. The topological polar surface area (TPSA) is 290 Å². The van der Waals surface area contributed by atoms with Crippen LogP contribution in [-0.2, 0) is 40.4 Å². The van der Waals surface area contributed by atoms with E-state index >= 15 is 0 Å². The maximum atomic E-state index is 13.2. The van der Waals surface area contributed by atoms with Crippen LogP contribution in [0, 0.1) is 0 Å². The highest BCUT2D eigenvalue weighted by Gasteiger charge is 2.58. The van der Waals surface area contributed by atoms with Gasteiger partial charge in [0.15, 0.2) is 16.7 Å². The molecule has 9 N–H and O–H groups in total. The minimum Gasteiger partial charge on any atom is -0.489 e. The third-order valence-corrected chi connectivity index (χ3v) is 7.61. The SMILES string of the molecule is CC1(C)[C@H](NC(=O)/C(=N\O[C@@H](COc2ccc(-c3cn(CCCN)nc3N)cc2)C(=O)O)c2csc(N)n2)C(=O)N1OS(=O)(=O)O. The van der Waals surface area contributed by atoms with Crippen LogP contribution in [0.1, 0.15) is 26.0 Å². The van der Waals surface area contributed by atoms with Crippen LogP contribution in [0.4, 0.5) is 10.9 Å². The predicted octanol–water partition coefficient (Wildman–Crippen LogP) is -0.387. The van der Waals surface area contributed by atoms with Crippen molar-refractivity contribution >= 4 is 56.2 Å². The number of hydroxylamine groups is 2. The van der Waals surface area contributed by atoms with Gasteiger partial charge in [-0.15, -0.1) is 15.6 Å². The summed E-state index contributed by atoms with van der Waals surface area (Å²) in [4.78, 5) is 46.8. The number of carbonyl (C=O) groups is 3. The number of nitrogens with zero attached hydrogens (tertiary/aromatic N) is 5. The van der Waals surface area contributed by atoms with Gasteiger partial charge in [0.1, 0.15) is 24.1 Å². The minimum atomic E-state index is -5.02. The van der Waals surface area contributed by atoms with Crippen LogP contribution < -0.4 is 27.3 Å². The first-order valence-corrected chi connectivity index (χ1v) is 15.6. The number of benzene rings is 1. The summed E-state index contributed by atoms with van der Waals surface area (Å²) < 4.78 is 42.7. The van der Waals surface area contributed by atoms with E-state index < -0.39 is 58.2 Å². The number of thiazole rings is 1. The van der Waals surface area contributed by atoms with Crippen LogP contribution >= 0.6 is 11.3 Å². The molecule has 19 nitrogen and oxygen atoms in total. The molecule has 0 saturated carbocycles. The minimum absolute atomic E-state index is 0.0505. The van der Waals surface area contributed by atoms with E-state index in [0.717, 1.165) is 23.3 Å². The van der Waals surface area contributed by atoms with Gasteiger partial charge in [-0.2, -0.15) is 18.6 Å². The fourth-order valence-electron chi connectivity index (χ4n) is 4.21. The Morgan fingerprint density at radius 2 is 1.93 bits per heavy atom. The Bertz CT molecular complexity index is 1740. The molecule has 21 heteroatoms. The molecular formula is C25H31N9O10S2. The normalized spacial score (nSPS) is 16.9. The fourth-order valence-corrected chi connectivity index (χ4v) is 5.21. The molecule has 2 amide bonds. The Kier molecular flexibility index (Phi) is 10.1. The molecule has 0 radical (unpaired) electrons. The number of oxime groups is 1. The van der Waals surface area contributed by atoms with E-state index in [4.69, 9.17) is 31.3 Å². The van der Waals surface area contributed by atoms with Crippen LogP contribution in [0.2, 0.25) is 0 Å². The molecular weight excluding hydrogens is 650 g/mol. The molecule has 0 aliphatic carbocycles. The van der Waals surface area contributed by atoms with Gasteiger partial charge in [-0.25, -0.2) is 9.78 Å². The van der Waals surface area contributed by atoms with Crippen molar-refractivity contribution in [2.45, 2.75) is 44.5 Å². The van der Waals surface area contributed by atoms with Crippen molar-refractivity contribution < 1.29 is 46.3 Å². The zero-order chi connectivity index (χ0) is 33.8. The number of nitrogens with one attached hydrogen (secondary N) is 1. The molecule has 0 unspecified atom stereocenters. The summed E-state index contributed by atoms with van der Waals surface area (Å²) in [5.41, 5.74) is 16.7. The number of aromatic nitrogens is 3. The van der Waals surface area contributed by atoms with Gasteiger partial charge in [0.25, 0.3) is 17.9 Å². The number of rotatable bonds is 15. The summed E-state index contributed by atoms with van der Waals surface area (Å²) in [5.74, 6) is -2.87. The van der Waals surface area contributed by atoms with Crippen molar-refractivity contribution in [1.82, 2.24) is 25.1 Å². The van der Waals surface area contributed by atoms with E-state index in [1.807, 2.05) is 0 Å². The number of β-lactam (4-membered cyclic amide) rings is 1. The van der Waals surface area contributed by atoms with Crippen LogP contribution in [0.25, 0.3) is 11.1 Å². The van der Waals surface area contributed by atoms with Gasteiger partial charge >= 0.3 is 16.4 Å². The molecule has 1 fully saturated rings. The molecule has 1 aromatic carbocycles. The lowest BCUT2D eigenvalue weighted by Gasteiger charge is -2.50. The van der Waals surface area contributed by atoms with E-state index in [0.29, 0.717) is 35.3 Å². The number of aryl methyl sites for hydroxylation is 1. The third-order valence-electron chi connectivity index (χ3n) is 6.60. The summed E-state index contributed by atoms with van der Waals surface area (Å²) in [7, 11) is -5.02. The highest BCUT2D eigenvalue weighted by atomic mass is 32.3. The van der Waals surface area contributed by atoms with Crippen LogP contribution in [-0.4, -0.2) is 92.2 Å². The lowest BCUT2D eigenvalue weighted by atomic mass is 9.84. The summed E-state index contributed by atoms with van der Waals surface area (Å²) in [6.07, 6.45) is 0.831. The Labute approximate surface area is 265 Å². The monoisotopic (exact) mass is 681 g/mol. The van der Waals surface area contributed by atoms with Gasteiger partial charge in [0.05, 0.1) is 5.54 Å². The molecule has 3 heterocycles. The number of carboxylic acids is 1. The Balaban J connectivity index is 1.45. The lowest BCUT2D eigenvalue weighted by molar-refractivity contribution is -0.218. The summed E-state index contributed by atoms with van der Waals surface area (Å²) in [6.45, 7) is 3.31. The molecule has 1 aliphatic heterocycles. The summed E-state index contributed by atoms with van der Waals surface area (Å²) >= 11 is 0.950. The molecule has 1 saturated heterocycles. The second-order valence-electron chi connectivity index (χ2n) is 10.3. The predicted molar refractivity (Wildman–Crippen MR) is 162 cm³/mol. The van der Waals surface area contributed by atoms with Crippen molar-refractivity contribution in [3.8, 4) is 16.9 Å². The number of aliphatic carboxylic acids is 1. The number of carboxylic acid groups (broad SMARTS) is 1. The maximum absolute atomic E-state index is 13.2. The van der Waals surface area contributed by atoms with Crippen molar-refractivity contribution in [1.29, 1.82) is 0 Å². The molecule has 248 valence electrons. The number of hydrogen-bond acceptors (Lipinski definition) is 15. The molecule has 3 aromatic rings. The standard InChI is InChI=1S/C25H31N9O10S2/c1-25(2)19(22(36)34(25)44-46(39,40)41)30-21(35)18(16-12-45-24(28)29-16)32-43-17(23(37)38)11-42-14-6-4-13(5-7-14)15-10-33(9-3-8-26)31-20(15)27/h4-7,10,12,17,19H,3,8-9,11,26H2,1-2H3,(H2,27,31)(H2,28,29)(H,30,35)(H,37,38)(H,39,40,41)/b32-18-/t17-,19+/m0/s1. The highest BCUT2D eigenvalue weighted by Crippen LogP contribution is 2.33. The number of nitrogen functional groups attached to an aromatic ring is 2. The molecule has 2 atom stereocenters. The van der Waals surface area contributed by atoms with Gasteiger partial charge in [-0.05, 0) is 44.5 Å². The van der Waals surface area contributed by atoms with Crippen molar-refractivity contribution in [3.05, 3.63) is 41.5 Å². The lowest BCUT2D eigenvalue weighted by Crippen LogP contribution is -2.76. The van der Waals surface area contributed by atoms with Gasteiger partial charge in [0.2, 0.25) is 0 Å². The van der Waals surface area contributed by atoms with Crippen molar-refractivity contribution in [3.63, 3.8) is 0 Å². The average molecular weight is 682 g/mol. The first kappa shape index (κ1) is 34.1. The number of anilines is 2. The van der Waals surface area contributed by atoms with Crippen molar-refractivity contribution in [2.24, 2.45) is 10.9 Å². The first-order chi connectivity index (χ1) is 21.6. The number of hydrogen-bond donors (Lipinski definition) is 6. The highest BCUT2D eigenvalue weighted by molar-refractivity contribution is 7.80. The van der Waals surface area contributed by atoms with E-state index in [2.05, 4.69) is 24.8 Å². The number of amides is 2. The molecule has 0 bridgehead atoms. The zero-order valence-electron chi connectivity index (χ0n) is 24.4. The molecule has 0 spiro atoms. The van der Waals surface area contributed by atoms with E-state index in [9.17, 15) is 27.9 Å². The van der Waals surface area contributed by atoms with Gasteiger partial charge in [0, 0.05) is 23.7 Å². The Morgan fingerprint density at radius 3 is 2.50 bits per heavy atom. The average Bonchev–Trinajstić information content (AvgIpc) is 3.59. The van der Waals surface area contributed by atoms with E-state index in [1.54, 1.807) is 35.1 Å². The van der Waals surface area contributed by atoms with Crippen molar-refractivity contribution in [2.75, 3.05) is 24.6 Å². The zero-order valence-corrected chi connectivity index (χ0v) is 26.0. The first-order valence-electron chi connectivity index (χ1n) is 13.4. The van der Waals surface area contributed by atoms with E-state index in [1.165, 1.54) is 19.2 Å². The smallest absolute Gasteiger partial charge is 0.418 e. The van der Waals surface area contributed by atoms with E-state index in [-0.39, 0.29) is 10.8 Å². The van der Waals surface area contributed by atoms with Gasteiger partial charge in [-0.3, -0.25) is 18.8 Å². The largest absolute Gasteiger partial charge is 0.489 e. The maximum Gasteiger partial charge on any atom is 0.418 e. The summed E-state index contributed by atoms with van der Waals surface area (Å²) in [6, 6.07) is 5.28. The number of carbonyl (C=O) groups excluding carboxylic acids is 2. The second kappa shape index (κ2) is 13.7. The Morgan fingerprint density at radius 1 is 1.24 bits per heavy atom. The fraction of sp³-hybridized carbons (Fsp3) is 0.360. The molecule has 1 aliphatic rings. The summed E-state index contributed by atoms with van der Waals surface area (Å²) in [5, 5.41) is 21.8. The molecule has 4 rings (SSSR count). The van der Waals surface area contributed by atoms with Gasteiger partial charge in [-0.1, -0.05) is 17.3 Å². The second-order valence-corrected chi connectivity index (χ2v) is 12.2. The van der Waals surface area contributed by atoms with Crippen LogP contribution in [0.5, 0.6) is 5.75 Å². The van der Waals surface area contributed by atoms with Gasteiger partial charge < -0.3 is 37.2 Å². The molecule has 2 aromatic heterocycles. The third kappa shape index (κ3) is 7.87. The quantitative estimate of drug-likeness (QED) is 0.0515. The number of ether oxygens (including phenoxy) is 1. The van der Waals surface area contributed by atoms with Crippen LogP contribution in [0.3, 0.4) is 0 Å².